The summed E-state index contributed by atoms with van der Waals surface area (Å²) in [5.41, 5.74) is -0.0341. The lowest BCUT2D eigenvalue weighted by Crippen LogP contribution is -2.46. The first-order valence-electron chi connectivity index (χ1n) is 5.86. The summed E-state index contributed by atoms with van der Waals surface area (Å²) in [6, 6.07) is 0. The minimum atomic E-state index is -5.60. The van der Waals surface area contributed by atoms with Gasteiger partial charge in [0, 0.05) is 13.5 Å². The van der Waals surface area contributed by atoms with Crippen molar-refractivity contribution in [2.45, 2.75) is 38.7 Å². The molecule has 1 aromatic heterocycles. The van der Waals surface area contributed by atoms with Crippen molar-refractivity contribution in [1.82, 2.24) is 9.97 Å². The second kappa shape index (κ2) is 5.94. The van der Waals surface area contributed by atoms with Crippen LogP contribution in [0, 0.1) is 6.92 Å². The highest BCUT2D eigenvalue weighted by Crippen LogP contribution is 2.37. The average molecular weight is 317 g/mol. The lowest BCUT2D eigenvalue weighted by Gasteiger charge is -2.24. The van der Waals surface area contributed by atoms with Crippen molar-refractivity contribution in [1.29, 1.82) is 0 Å². The molecule has 1 rings (SSSR count). The molecule has 0 bridgehead atoms. The van der Waals surface area contributed by atoms with Crippen molar-refractivity contribution >= 4 is 5.82 Å². The smallest absolute Gasteiger partial charge is 0.434 e. The van der Waals surface area contributed by atoms with Crippen LogP contribution in [0.1, 0.15) is 18.3 Å². The van der Waals surface area contributed by atoms with Crippen molar-refractivity contribution in [3.8, 4) is 5.88 Å². The van der Waals surface area contributed by atoms with E-state index < -0.39 is 24.3 Å². The van der Waals surface area contributed by atoms with E-state index in [1.807, 2.05) is 0 Å². The van der Waals surface area contributed by atoms with Gasteiger partial charge in [-0.25, -0.2) is 4.98 Å². The zero-order chi connectivity index (χ0) is 16.4. The van der Waals surface area contributed by atoms with Crippen LogP contribution in [-0.4, -0.2) is 35.5 Å². The van der Waals surface area contributed by atoms with Gasteiger partial charge in [0.15, 0.2) is 0 Å². The first-order valence-corrected chi connectivity index (χ1v) is 5.86. The molecule has 0 atom stereocenters. The number of halogens is 6. The predicted molar refractivity (Wildman–Crippen MR) is 62.2 cm³/mol. The quantitative estimate of drug-likeness (QED) is 0.866. The number of nitrogens with zero attached hydrogens (tertiary/aromatic N) is 2. The maximum absolute atomic E-state index is 12.5. The molecule has 10 heteroatoms. The van der Waals surface area contributed by atoms with Crippen molar-refractivity contribution in [2.75, 3.05) is 12.4 Å². The Morgan fingerprint density at radius 3 is 2.00 bits per heavy atom. The van der Waals surface area contributed by atoms with E-state index in [1.165, 1.54) is 14.0 Å². The Kier molecular flexibility index (Phi) is 4.90. The molecule has 0 spiro atoms. The summed E-state index contributed by atoms with van der Waals surface area (Å²) in [6.45, 7) is 2.88. The lowest BCUT2D eigenvalue weighted by molar-refractivity contribution is -0.300. The lowest BCUT2D eigenvalue weighted by atomic mass is 10.3. The van der Waals surface area contributed by atoms with Crippen LogP contribution in [0.2, 0.25) is 0 Å². The van der Waals surface area contributed by atoms with E-state index in [4.69, 9.17) is 0 Å². The van der Waals surface area contributed by atoms with Gasteiger partial charge in [0.1, 0.15) is 11.6 Å². The minimum absolute atomic E-state index is 0.0341. The van der Waals surface area contributed by atoms with Crippen LogP contribution in [-0.2, 0) is 6.42 Å². The fraction of sp³-hybridized carbons (Fsp3) is 0.636. The Morgan fingerprint density at radius 1 is 1.10 bits per heavy atom. The van der Waals surface area contributed by atoms with Crippen LogP contribution in [0.25, 0.3) is 0 Å². The molecule has 0 radical (unpaired) electrons. The number of hydrogen-bond acceptors (Lipinski definition) is 4. The number of alkyl halides is 6. The van der Waals surface area contributed by atoms with Crippen LogP contribution < -0.4 is 10.1 Å². The van der Waals surface area contributed by atoms with Gasteiger partial charge in [-0.15, -0.1) is 0 Å². The van der Waals surface area contributed by atoms with E-state index in [0.29, 0.717) is 0 Å². The van der Waals surface area contributed by atoms with Crippen molar-refractivity contribution in [3.05, 3.63) is 11.4 Å². The van der Waals surface area contributed by atoms with Gasteiger partial charge in [0.25, 0.3) is 6.10 Å². The van der Waals surface area contributed by atoms with E-state index in [1.54, 1.807) is 6.92 Å². The third kappa shape index (κ3) is 4.11. The number of anilines is 1. The van der Waals surface area contributed by atoms with Crippen LogP contribution in [0.5, 0.6) is 5.88 Å². The van der Waals surface area contributed by atoms with Crippen LogP contribution in [0.3, 0.4) is 0 Å². The number of nitrogens with one attached hydrogen (secondary N) is 1. The minimum Gasteiger partial charge on any atom is -0.454 e. The van der Waals surface area contributed by atoms with E-state index in [-0.39, 0.29) is 23.6 Å². The zero-order valence-electron chi connectivity index (χ0n) is 11.4. The summed E-state index contributed by atoms with van der Waals surface area (Å²) in [7, 11) is 1.43. The summed E-state index contributed by atoms with van der Waals surface area (Å²) in [4.78, 5) is 7.53. The molecule has 0 aromatic carbocycles. The molecule has 1 N–H and O–H groups in total. The molecule has 0 fully saturated rings. The van der Waals surface area contributed by atoms with Crippen molar-refractivity contribution < 1.29 is 31.1 Å². The Morgan fingerprint density at radius 2 is 1.62 bits per heavy atom. The van der Waals surface area contributed by atoms with Crippen LogP contribution >= 0.6 is 0 Å². The maximum atomic E-state index is 12.5. The SMILES string of the molecule is CCc1nc(NC)c(C)c(OC(C(F)(F)F)C(F)(F)F)n1. The summed E-state index contributed by atoms with van der Waals surface area (Å²) in [6.07, 6.45) is -14.9. The summed E-state index contributed by atoms with van der Waals surface area (Å²) < 4.78 is 79.1. The topological polar surface area (TPSA) is 47.0 Å². The largest absolute Gasteiger partial charge is 0.454 e. The van der Waals surface area contributed by atoms with Crippen LogP contribution in [0.4, 0.5) is 32.2 Å². The Bertz CT molecular complexity index is 486. The van der Waals surface area contributed by atoms with E-state index in [0.717, 1.165) is 0 Å². The molecule has 0 aliphatic carbocycles. The predicted octanol–water partition coefficient (Wildman–Crippen LogP) is 3.26. The van der Waals surface area contributed by atoms with E-state index >= 15 is 0 Å². The van der Waals surface area contributed by atoms with Gasteiger partial charge in [-0.1, -0.05) is 6.92 Å². The van der Waals surface area contributed by atoms with Gasteiger partial charge < -0.3 is 10.1 Å². The molecule has 21 heavy (non-hydrogen) atoms. The molecule has 0 aliphatic heterocycles. The van der Waals surface area contributed by atoms with E-state index in [9.17, 15) is 26.3 Å². The fourth-order valence-corrected chi connectivity index (χ4v) is 1.49. The maximum Gasteiger partial charge on any atom is 0.434 e. The van der Waals surface area contributed by atoms with Gasteiger partial charge in [-0.2, -0.15) is 31.3 Å². The normalized spacial score (nSPS) is 12.7. The van der Waals surface area contributed by atoms with Crippen molar-refractivity contribution in [3.63, 3.8) is 0 Å². The average Bonchev–Trinajstić information content (AvgIpc) is 2.34. The molecule has 1 aromatic rings. The molecule has 0 aliphatic rings. The standard InChI is InChI=1S/C11H13F6N3O/c1-4-6-19-7(18-3)5(2)8(20-6)21-9(10(12,13)14)11(15,16)17/h9H,4H2,1-3H3,(H,18,19,20). The van der Waals surface area contributed by atoms with Gasteiger partial charge in [-0.05, 0) is 6.92 Å². The number of ether oxygens (including phenoxy) is 1. The van der Waals surface area contributed by atoms with Gasteiger partial charge in [0.05, 0.1) is 5.56 Å². The fourth-order valence-electron chi connectivity index (χ4n) is 1.49. The van der Waals surface area contributed by atoms with Gasteiger partial charge >= 0.3 is 12.4 Å². The molecule has 4 nitrogen and oxygen atoms in total. The van der Waals surface area contributed by atoms with Gasteiger partial charge in [0.2, 0.25) is 5.88 Å². The highest BCUT2D eigenvalue weighted by atomic mass is 19.4. The van der Waals surface area contributed by atoms with Gasteiger partial charge in [-0.3, -0.25) is 0 Å². The Hall–Kier alpha value is -1.74. The Balaban J connectivity index is 3.27. The number of hydrogen-bond donors (Lipinski definition) is 1. The second-order valence-electron chi connectivity index (χ2n) is 4.10. The first kappa shape index (κ1) is 17.3. The second-order valence-corrected chi connectivity index (χ2v) is 4.10. The number of rotatable bonds is 4. The summed E-state index contributed by atoms with van der Waals surface area (Å²) >= 11 is 0. The first-order chi connectivity index (χ1) is 9.50. The number of aromatic nitrogens is 2. The highest BCUT2D eigenvalue weighted by Gasteiger charge is 2.59. The number of aryl methyl sites for hydroxylation is 1. The molecule has 0 unspecified atom stereocenters. The van der Waals surface area contributed by atoms with Crippen LogP contribution in [0.15, 0.2) is 0 Å². The molecule has 0 saturated carbocycles. The summed E-state index contributed by atoms with van der Waals surface area (Å²) in [5.74, 6) is -0.561. The molecule has 0 amide bonds. The Labute approximate surface area is 116 Å². The third-order valence-corrected chi connectivity index (χ3v) is 2.52. The zero-order valence-corrected chi connectivity index (χ0v) is 11.4. The molecule has 1 heterocycles. The molecular formula is C11H13F6N3O. The third-order valence-electron chi connectivity index (χ3n) is 2.52. The van der Waals surface area contributed by atoms with Crippen molar-refractivity contribution in [2.24, 2.45) is 0 Å². The summed E-state index contributed by atoms with van der Waals surface area (Å²) in [5, 5.41) is 2.57. The highest BCUT2D eigenvalue weighted by molar-refractivity contribution is 5.48. The molecule has 0 saturated heterocycles. The van der Waals surface area contributed by atoms with E-state index in [2.05, 4.69) is 20.0 Å². The molecular weight excluding hydrogens is 304 g/mol. The molecule has 120 valence electrons. The monoisotopic (exact) mass is 317 g/mol.